The number of rotatable bonds is 5. The van der Waals surface area contributed by atoms with Gasteiger partial charge in [-0.15, -0.1) is 0 Å². The van der Waals surface area contributed by atoms with Crippen LogP contribution in [0.15, 0.2) is 42.7 Å². The normalized spacial score (nSPS) is 15.8. The lowest BCUT2D eigenvalue weighted by Crippen LogP contribution is -2.38. The summed E-state index contributed by atoms with van der Waals surface area (Å²) in [6.07, 6.45) is 2.82. The van der Waals surface area contributed by atoms with Crippen LogP contribution in [-0.4, -0.2) is 22.4 Å². The largest absolute Gasteiger partial charge is 0.365 e. The van der Waals surface area contributed by atoms with Gasteiger partial charge in [-0.1, -0.05) is 19.9 Å². The summed E-state index contributed by atoms with van der Waals surface area (Å²) in [6.45, 7) is 7.11. The molecule has 0 spiro atoms. The summed E-state index contributed by atoms with van der Waals surface area (Å²) in [5, 5.41) is 9.50. The second-order valence-corrected chi connectivity index (χ2v) is 8.99. The van der Waals surface area contributed by atoms with Crippen LogP contribution in [0.25, 0.3) is 0 Å². The number of hydrazine groups is 1. The summed E-state index contributed by atoms with van der Waals surface area (Å²) in [5.74, 6) is 0.111. The van der Waals surface area contributed by atoms with Crippen molar-refractivity contribution in [3.8, 4) is 0 Å². The maximum absolute atomic E-state index is 14.0. The monoisotopic (exact) mass is 447 g/mol. The number of pyridine rings is 2. The first kappa shape index (κ1) is 21.3. The number of nitrogens with one attached hydrogen (secondary N) is 5. The highest BCUT2D eigenvalue weighted by Gasteiger charge is 2.27. The van der Waals surface area contributed by atoms with E-state index in [2.05, 4.69) is 56.7 Å². The minimum Gasteiger partial charge on any atom is -0.365 e. The molecule has 0 fully saturated rings. The van der Waals surface area contributed by atoms with Crippen LogP contribution < -0.4 is 26.8 Å². The number of fused-ring (bicyclic) bond motifs is 2. The standard InChI is InChI=1S/C24H26FN7O/c1-24(2)13-26-9-15-7-17(3-4-20(15)24)31-23(33)18-8-16(25)11-29-21(18)28-10-14-5-6-27-22-19(14)12-30-32-22/h3-8,11,26,30H,9-10,12-13H2,1-2H3,(H,27,32)(H,28,29)(H,31,33). The predicted molar refractivity (Wildman–Crippen MR) is 125 cm³/mol. The molecule has 0 unspecified atom stereocenters. The van der Waals surface area contributed by atoms with Crippen LogP contribution in [0, 0.1) is 5.82 Å². The van der Waals surface area contributed by atoms with Gasteiger partial charge in [0.2, 0.25) is 0 Å². The van der Waals surface area contributed by atoms with Crippen molar-refractivity contribution < 1.29 is 9.18 Å². The van der Waals surface area contributed by atoms with Crippen LogP contribution in [0.1, 0.15) is 46.5 Å². The first-order chi connectivity index (χ1) is 15.9. The van der Waals surface area contributed by atoms with E-state index in [1.54, 1.807) is 6.20 Å². The molecule has 1 amide bonds. The number of anilines is 3. The summed E-state index contributed by atoms with van der Waals surface area (Å²) in [6, 6.07) is 9.03. The van der Waals surface area contributed by atoms with E-state index in [4.69, 9.17) is 0 Å². The van der Waals surface area contributed by atoms with Crippen molar-refractivity contribution in [2.24, 2.45) is 0 Å². The molecule has 170 valence electrons. The molecule has 5 N–H and O–H groups in total. The number of carbonyl (C=O) groups is 1. The molecule has 9 heteroatoms. The molecule has 0 saturated heterocycles. The topological polar surface area (TPSA) is 103 Å². The first-order valence-electron chi connectivity index (χ1n) is 10.9. The Labute approximate surface area is 191 Å². The molecule has 3 aromatic rings. The smallest absolute Gasteiger partial charge is 0.259 e. The molecule has 0 bridgehead atoms. The van der Waals surface area contributed by atoms with E-state index < -0.39 is 11.7 Å². The van der Waals surface area contributed by atoms with E-state index in [1.165, 1.54) is 11.6 Å². The molecule has 5 rings (SSSR count). The van der Waals surface area contributed by atoms with Crippen LogP contribution in [-0.2, 0) is 25.0 Å². The van der Waals surface area contributed by atoms with Crippen molar-refractivity contribution in [3.63, 3.8) is 0 Å². The van der Waals surface area contributed by atoms with Gasteiger partial charge in [0, 0.05) is 49.0 Å². The Morgan fingerprint density at radius 3 is 2.94 bits per heavy atom. The number of aromatic nitrogens is 2. The van der Waals surface area contributed by atoms with Gasteiger partial charge >= 0.3 is 0 Å². The van der Waals surface area contributed by atoms with E-state index >= 15 is 0 Å². The Bertz CT molecular complexity index is 1230. The van der Waals surface area contributed by atoms with Crippen molar-refractivity contribution in [2.45, 2.75) is 38.9 Å². The van der Waals surface area contributed by atoms with Crippen LogP contribution in [0.4, 0.5) is 21.7 Å². The van der Waals surface area contributed by atoms with Crippen LogP contribution in [0.5, 0.6) is 0 Å². The van der Waals surface area contributed by atoms with Gasteiger partial charge in [-0.05, 0) is 41.0 Å². The quantitative estimate of drug-likeness (QED) is 0.409. The Morgan fingerprint density at radius 2 is 2.06 bits per heavy atom. The highest BCUT2D eigenvalue weighted by atomic mass is 19.1. The molecule has 0 radical (unpaired) electrons. The minimum atomic E-state index is -0.569. The number of amides is 1. The molecule has 8 nitrogen and oxygen atoms in total. The average molecular weight is 448 g/mol. The van der Waals surface area contributed by atoms with Crippen molar-refractivity contribution in [1.82, 2.24) is 20.7 Å². The minimum absolute atomic E-state index is 0.0257. The number of hydrogen-bond donors (Lipinski definition) is 5. The number of halogens is 1. The fraction of sp³-hybridized carbons (Fsp3) is 0.292. The van der Waals surface area contributed by atoms with Gasteiger partial charge in [-0.3, -0.25) is 4.79 Å². The summed E-state index contributed by atoms with van der Waals surface area (Å²) < 4.78 is 14.0. The first-order valence-corrected chi connectivity index (χ1v) is 10.9. The van der Waals surface area contributed by atoms with Crippen LogP contribution in [0.2, 0.25) is 0 Å². The molecule has 1 aromatic carbocycles. The molecule has 0 saturated carbocycles. The zero-order valence-corrected chi connectivity index (χ0v) is 18.6. The van der Waals surface area contributed by atoms with Gasteiger partial charge in [0.1, 0.15) is 17.5 Å². The molecule has 2 aliphatic heterocycles. The SMILES string of the molecule is CC1(C)CNCc2cc(NC(=O)c3cc(F)cnc3NCc3ccnc4c3CNN4)ccc21. The third-order valence-electron chi connectivity index (χ3n) is 6.14. The summed E-state index contributed by atoms with van der Waals surface area (Å²) in [7, 11) is 0. The van der Waals surface area contributed by atoms with Crippen molar-refractivity contribution >= 4 is 23.2 Å². The number of hydrogen-bond acceptors (Lipinski definition) is 7. The van der Waals surface area contributed by atoms with Crippen LogP contribution >= 0.6 is 0 Å². The second-order valence-electron chi connectivity index (χ2n) is 8.99. The summed E-state index contributed by atoms with van der Waals surface area (Å²) >= 11 is 0. The van der Waals surface area contributed by atoms with E-state index in [0.717, 1.165) is 41.8 Å². The van der Waals surface area contributed by atoms with Gasteiger partial charge in [-0.2, -0.15) is 0 Å². The van der Waals surface area contributed by atoms with Gasteiger partial charge in [0.25, 0.3) is 5.91 Å². The van der Waals surface area contributed by atoms with Crippen molar-refractivity contribution in [1.29, 1.82) is 0 Å². The molecular weight excluding hydrogens is 421 g/mol. The van der Waals surface area contributed by atoms with E-state index in [0.29, 0.717) is 24.6 Å². The third kappa shape index (κ3) is 4.24. The maximum Gasteiger partial charge on any atom is 0.259 e. The van der Waals surface area contributed by atoms with Crippen molar-refractivity contribution in [2.75, 3.05) is 22.6 Å². The van der Waals surface area contributed by atoms with Gasteiger partial charge in [0.05, 0.1) is 11.8 Å². The zero-order valence-electron chi connectivity index (χ0n) is 18.6. The lowest BCUT2D eigenvalue weighted by atomic mass is 9.79. The third-order valence-corrected chi connectivity index (χ3v) is 6.14. The summed E-state index contributed by atoms with van der Waals surface area (Å²) in [4.78, 5) is 21.5. The number of benzene rings is 1. The zero-order chi connectivity index (χ0) is 23.0. The van der Waals surface area contributed by atoms with Gasteiger partial charge in [0.15, 0.2) is 0 Å². The summed E-state index contributed by atoms with van der Waals surface area (Å²) in [5.41, 5.74) is 11.4. The predicted octanol–water partition coefficient (Wildman–Crippen LogP) is 3.29. The average Bonchev–Trinajstić information content (AvgIpc) is 3.27. The van der Waals surface area contributed by atoms with Crippen LogP contribution in [0.3, 0.4) is 0 Å². The molecule has 2 aliphatic rings. The molecule has 2 aromatic heterocycles. The maximum atomic E-state index is 14.0. The molecule has 0 atom stereocenters. The Balaban J connectivity index is 1.36. The van der Waals surface area contributed by atoms with Crippen molar-refractivity contribution in [3.05, 3.63) is 76.4 Å². The second kappa shape index (κ2) is 8.42. The molecule has 0 aliphatic carbocycles. The molecule has 33 heavy (non-hydrogen) atoms. The van der Waals surface area contributed by atoms with Gasteiger partial charge < -0.3 is 21.4 Å². The Morgan fingerprint density at radius 1 is 1.18 bits per heavy atom. The number of nitrogens with zero attached hydrogens (tertiary/aromatic N) is 2. The fourth-order valence-corrected chi connectivity index (χ4v) is 4.43. The lowest BCUT2D eigenvalue weighted by molar-refractivity contribution is 0.102. The fourth-order valence-electron chi connectivity index (χ4n) is 4.43. The van der Waals surface area contributed by atoms with E-state index in [9.17, 15) is 9.18 Å². The Hall–Kier alpha value is -3.56. The molecular formula is C24H26FN7O. The Kier molecular flexibility index (Phi) is 5.43. The highest BCUT2D eigenvalue weighted by molar-refractivity contribution is 6.07. The lowest BCUT2D eigenvalue weighted by Gasteiger charge is -2.33. The molecule has 4 heterocycles. The van der Waals surface area contributed by atoms with Gasteiger partial charge in [-0.25, -0.2) is 19.8 Å². The highest BCUT2D eigenvalue weighted by Crippen LogP contribution is 2.31. The van der Waals surface area contributed by atoms with E-state index in [1.807, 2.05) is 18.2 Å². The van der Waals surface area contributed by atoms with E-state index in [-0.39, 0.29) is 11.0 Å². The number of carbonyl (C=O) groups excluding carboxylic acids is 1.